The Bertz CT molecular complexity index is 805. The van der Waals surface area contributed by atoms with Crippen LogP contribution in [0.15, 0.2) is 51.8 Å². The van der Waals surface area contributed by atoms with Crippen LogP contribution in [0.1, 0.15) is 12.0 Å². The van der Waals surface area contributed by atoms with Gasteiger partial charge in [-0.3, -0.25) is 4.31 Å². The van der Waals surface area contributed by atoms with Gasteiger partial charge in [0.25, 0.3) is 10.0 Å². The summed E-state index contributed by atoms with van der Waals surface area (Å²) >= 11 is 3.35. The van der Waals surface area contributed by atoms with Crippen molar-refractivity contribution in [2.24, 2.45) is 0 Å². The third-order valence-corrected chi connectivity index (χ3v) is 6.24. The zero-order chi connectivity index (χ0) is 15.7. The minimum Gasteiger partial charge on any atom is -0.496 e. The Hall–Kier alpha value is -1.53. The van der Waals surface area contributed by atoms with Gasteiger partial charge in [0.2, 0.25) is 0 Å². The number of hydrogen-bond acceptors (Lipinski definition) is 3. The predicted molar refractivity (Wildman–Crippen MR) is 90.0 cm³/mol. The Morgan fingerprint density at radius 3 is 2.73 bits per heavy atom. The number of anilines is 1. The lowest BCUT2D eigenvalue weighted by molar-refractivity contribution is 0.410. The molecule has 0 spiro atoms. The number of rotatable bonds is 3. The molecule has 0 atom stereocenters. The fraction of sp³-hybridized carbons (Fsp3) is 0.250. The second kappa shape index (κ2) is 5.93. The number of halogens is 1. The molecule has 0 amide bonds. The number of methoxy groups -OCH3 is 1. The zero-order valence-corrected chi connectivity index (χ0v) is 14.5. The normalized spacial score (nSPS) is 14.5. The molecule has 3 rings (SSSR count). The molecule has 1 heterocycles. The number of ether oxygens (including phenoxy) is 1. The molecule has 0 fully saturated rings. The first-order chi connectivity index (χ1) is 10.5. The minimum atomic E-state index is -3.59. The van der Waals surface area contributed by atoms with Gasteiger partial charge in [0.15, 0.2) is 0 Å². The molecular weight excluding hydrogens is 366 g/mol. The third kappa shape index (κ3) is 2.61. The molecule has 22 heavy (non-hydrogen) atoms. The van der Waals surface area contributed by atoms with Crippen LogP contribution in [0.2, 0.25) is 0 Å². The smallest absolute Gasteiger partial charge is 0.264 e. The van der Waals surface area contributed by atoms with Gasteiger partial charge in [-0.2, -0.15) is 0 Å². The number of benzene rings is 2. The van der Waals surface area contributed by atoms with Crippen molar-refractivity contribution in [3.8, 4) is 5.75 Å². The summed E-state index contributed by atoms with van der Waals surface area (Å²) in [5, 5.41) is 0. The molecule has 1 aliphatic heterocycles. The SMILES string of the molecule is COc1cc(S(=O)(=O)N2CCCc3ccccc32)ccc1Br. The molecule has 0 radical (unpaired) electrons. The van der Waals surface area contributed by atoms with Crippen LogP contribution >= 0.6 is 15.9 Å². The van der Waals surface area contributed by atoms with Crippen LogP contribution in [-0.2, 0) is 16.4 Å². The number of para-hydroxylation sites is 1. The molecule has 0 aliphatic carbocycles. The van der Waals surface area contributed by atoms with Crippen LogP contribution in [0.3, 0.4) is 0 Å². The average Bonchev–Trinajstić information content (AvgIpc) is 2.54. The quantitative estimate of drug-likeness (QED) is 0.815. The van der Waals surface area contributed by atoms with Crippen molar-refractivity contribution in [2.75, 3.05) is 18.0 Å². The van der Waals surface area contributed by atoms with E-state index in [1.54, 1.807) is 18.2 Å². The van der Waals surface area contributed by atoms with Crippen molar-refractivity contribution in [1.82, 2.24) is 0 Å². The highest BCUT2D eigenvalue weighted by molar-refractivity contribution is 9.10. The maximum atomic E-state index is 13.0. The Morgan fingerprint density at radius 2 is 1.95 bits per heavy atom. The average molecular weight is 382 g/mol. The highest BCUT2D eigenvalue weighted by atomic mass is 79.9. The van der Waals surface area contributed by atoms with Crippen LogP contribution in [0, 0.1) is 0 Å². The summed E-state index contributed by atoms with van der Waals surface area (Å²) in [6, 6.07) is 12.5. The van der Waals surface area contributed by atoms with Crippen molar-refractivity contribution in [1.29, 1.82) is 0 Å². The summed E-state index contributed by atoms with van der Waals surface area (Å²) in [7, 11) is -2.07. The molecule has 2 aromatic carbocycles. The van der Waals surface area contributed by atoms with Crippen LogP contribution < -0.4 is 9.04 Å². The first kappa shape index (κ1) is 15.4. The topological polar surface area (TPSA) is 46.6 Å². The van der Waals surface area contributed by atoms with E-state index in [4.69, 9.17) is 4.74 Å². The largest absolute Gasteiger partial charge is 0.496 e. The molecule has 2 aromatic rings. The van der Waals surface area contributed by atoms with Crippen molar-refractivity contribution in [3.63, 3.8) is 0 Å². The van der Waals surface area contributed by atoms with E-state index in [-0.39, 0.29) is 4.90 Å². The highest BCUT2D eigenvalue weighted by Crippen LogP contribution is 2.34. The first-order valence-corrected chi connectivity index (χ1v) is 9.21. The fourth-order valence-electron chi connectivity index (χ4n) is 2.68. The van der Waals surface area contributed by atoms with Gasteiger partial charge in [0.1, 0.15) is 5.75 Å². The lowest BCUT2D eigenvalue weighted by Crippen LogP contribution is -2.35. The maximum absolute atomic E-state index is 13.0. The maximum Gasteiger partial charge on any atom is 0.264 e. The number of fused-ring (bicyclic) bond motifs is 1. The van der Waals surface area contributed by atoms with E-state index >= 15 is 0 Å². The third-order valence-electron chi connectivity index (χ3n) is 3.78. The Balaban J connectivity index is 2.08. The van der Waals surface area contributed by atoms with Gasteiger partial charge >= 0.3 is 0 Å². The molecule has 0 unspecified atom stereocenters. The first-order valence-electron chi connectivity index (χ1n) is 6.98. The zero-order valence-electron chi connectivity index (χ0n) is 12.1. The van der Waals surface area contributed by atoms with E-state index in [1.807, 2.05) is 24.3 Å². The van der Waals surface area contributed by atoms with Crippen molar-refractivity contribution in [2.45, 2.75) is 17.7 Å². The standard InChI is InChI=1S/C16H16BrNO3S/c1-21-16-11-13(8-9-14(16)17)22(19,20)18-10-4-6-12-5-2-3-7-15(12)18/h2-3,5,7-9,11H,4,6,10H2,1H3. The number of sulfonamides is 1. The Morgan fingerprint density at radius 1 is 1.18 bits per heavy atom. The molecule has 0 aromatic heterocycles. The molecule has 6 heteroatoms. The second-order valence-electron chi connectivity index (χ2n) is 5.11. The summed E-state index contributed by atoms with van der Waals surface area (Å²) < 4.78 is 33.4. The van der Waals surface area contributed by atoms with Crippen LogP contribution in [0.25, 0.3) is 0 Å². The summed E-state index contributed by atoms with van der Waals surface area (Å²) in [5.41, 5.74) is 1.84. The molecule has 4 nitrogen and oxygen atoms in total. The lowest BCUT2D eigenvalue weighted by atomic mass is 10.0. The van der Waals surface area contributed by atoms with E-state index in [1.165, 1.54) is 11.4 Å². The Labute approximate surface area is 138 Å². The van der Waals surface area contributed by atoms with E-state index < -0.39 is 10.0 Å². The molecule has 0 saturated carbocycles. The molecule has 0 N–H and O–H groups in total. The van der Waals surface area contributed by atoms with Gasteiger partial charge < -0.3 is 4.74 Å². The van der Waals surface area contributed by atoms with Crippen LogP contribution in [0.4, 0.5) is 5.69 Å². The summed E-state index contributed by atoms with van der Waals surface area (Å²) in [5.74, 6) is 0.506. The van der Waals surface area contributed by atoms with Gasteiger partial charge in [-0.1, -0.05) is 18.2 Å². The monoisotopic (exact) mass is 381 g/mol. The fourth-order valence-corrected chi connectivity index (χ4v) is 4.64. The summed E-state index contributed by atoms with van der Waals surface area (Å²) in [4.78, 5) is 0.240. The van der Waals surface area contributed by atoms with E-state index in [9.17, 15) is 8.42 Å². The van der Waals surface area contributed by atoms with Gasteiger partial charge in [0, 0.05) is 12.6 Å². The van der Waals surface area contributed by atoms with Crippen molar-refractivity contribution >= 4 is 31.6 Å². The molecule has 116 valence electrons. The predicted octanol–water partition coefficient (Wildman–Crippen LogP) is 3.60. The van der Waals surface area contributed by atoms with E-state index in [2.05, 4.69) is 15.9 Å². The van der Waals surface area contributed by atoms with Gasteiger partial charge in [0.05, 0.1) is 22.2 Å². The van der Waals surface area contributed by atoms with Gasteiger partial charge in [-0.05, 0) is 52.5 Å². The van der Waals surface area contributed by atoms with E-state index in [0.29, 0.717) is 12.3 Å². The lowest BCUT2D eigenvalue weighted by Gasteiger charge is -2.30. The van der Waals surface area contributed by atoms with Gasteiger partial charge in [-0.15, -0.1) is 0 Å². The van der Waals surface area contributed by atoms with Crippen LogP contribution in [-0.4, -0.2) is 22.1 Å². The summed E-state index contributed by atoms with van der Waals surface area (Å²) in [6.07, 6.45) is 1.73. The molecule has 1 aliphatic rings. The van der Waals surface area contributed by atoms with E-state index in [0.717, 1.165) is 28.6 Å². The van der Waals surface area contributed by atoms with Crippen molar-refractivity contribution in [3.05, 3.63) is 52.5 Å². The number of aryl methyl sites for hydroxylation is 1. The number of hydrogen-bond donors (Lipinski definition) is 0. The Kier molecular flexibility index (Phi) is 4.14. The second-order valence-corrected chi connectivity index (χ2v) is 7.82. The molecule has 0 saturated heterocycles. The summed E-state index contributed by atoms with van der Waals surface area (Å²) in [6.45, 7) is 0.498. The minimum absolute atomic E-state index is 0.240. The van der Waals surface area contributed by atoms with Crippen molar-refractivity contribution < 1.29 is 13.2 Å². The molecule has 0 bridgehead atoms. The molecular formula is C16H16BrNO3S. The van der Waals surface area contributed by atoms with Gasteiger partial charge in [-0.25, -0.2) is 8.42 Å². The number of nitrogens with zero attached hydrogens (tertiary/aromatic N) is 1. The highest BCUT2D eigenvalue weighted by Gasteiger charge is 2.29. The van der Waals surface area contributed by atoms with Crippen LogP contribution in [0.5, 0.6) is 5.75 Å².